The van der Waals surface area contributed by atoms with Crippen molar-refractivity contribution in [3.05, 3.63) is 70.5 Å². The van der Waals surface area contributed by atoms with Gasteiger partial charge in [0.1, 0.15) is 5.82 Å². The van der Waals surface area contributed by atoms with E-state index < -0.39 is 0 Å². The molecule has 0 aliphatic carbocycles. The van der Waals surface area contributed by atoms with E-state index in [2.05, 4.69) is 37.4 Å². The van der Waals surface area contributed by atoms with Crippen LogP contribution >= 0.6 is 0 Å². The molecule has 20 heavy (non-hydrogen) atoms. The van der Waals surface area contributed by atoms with Crippen LogP contribution in [0, 0.1) is 19.7 Å². The van der Waals surface area contributed by atoms with E-state index in [1.807, 2.05) is 12.1 Å². The number of rotatable bonds is 3. The zero-order valence-corrected chi connectivity index (χ0v) is 12.0. The molecule has 1 nitrogen and oxygen atoms in total. The van der Waals surface area contributed by atoms with E-state index >= 15 is 0 Å². The van der Waals surface area contributed by atoms with Crippen LogP contribution in [-0.4, -0.2) is 13.1 Å². The Morgan fingerprint density at radius 2 is 1.70 bits per heavy atom. The maximum absolute atomic E-state index is 13.1. The first-order chi connectivity index (χ1) is 9.59. The molecule has 104 valence electrons. The van der Waals surface area contributed by atoms with Gasteiger partial charge in [0.15, 0.2) is 0 Å². The topological polar surface area (TPSA) is 12.0 Å². The summed E-state index contributed by atoms with van der Waals surface area (Å²) in [4.78, 5) is 0. The molecule has 1 aliphatic rings. The van der Waals surface area contributed by atoms with E-state index in [9.17, 15) is 4.39 Å². The monoisotopic (exact) mass is 269 g/mol. The zero-order valence-electron chi connectivity index (χ0n) is 12.0. The average Bonchev–Trinajstić information content (AvgIpc) is 2.39. The van der Waals surface area contributed by atoms with Crippen molar-refractivity contribution in [3.8, 4) is 0 Å². The third kappa shape index (κ3) is 2.36. The molecule has 0 radical (unpaired) electrons. The summed E-state index contributed by atoms with van der Waals surface area (Å²) in [7, 11) is 0. The van der Waals surface area contributed by atoms with Crippen molar-refractivity contribution < 1.29 is 4.39 Å². The third-order valence-corrected chi connectivity index (χ3v) is 4.50. The first-order valence-electron chi connectivity index (χ1n) is 7.12. The van der Waals surface area contributed by atoms with Crippen LogP contribution < -0.4 is 5.32 Å². The maximum atomic E-state index is 13.1. The number of benzene rings is 2. The van der Waals surface area contributed by atoms with Gasteiger partial charge in [0.05, 0.1) is 0 Å². The lowest BCUT2D eigenvalue weighted by Gasteiger charge is -2.43. The van der Waals surface area contributed by atoms with Gasteiger partial charge in [-0.2, -0.15) is 0 Å². The van der Waals surface area contributed by atoms with Gasteiger partial charge in [0.25, 0.3) is 0 Å². The van der Waals surface area contributed by atoms with E-state index in [1.54, 1.807) is 12.1 Å². The summed E-state index contributed by atoms with van der Waals surface area (Å²) >= 11 is 0. The molecule has 0 bridgehead atoms. The van der Waals surface area contributed by atoms with Gasteiger partial charge in [0, 0.05) is 18.5 Å². The lowest BCUT2D eigenvalue weighted by molar-refractivity contribution is 0.274. The van der Waals surface area contributed by atoms with Crippen LogP contribution in [0.15, 0.2) is 42.5 Å². The van der Waals surface area contributed by atoms with Crippen LogP contribution in [0.25, 0.3) is 0 Å². The Labute approximate surface area is 119 Å². The van der Waals surface area contributed by atoms with Crippen molar-refractivity contribution in [1.82, 2.24) is 5.32 Å². The Kier molecular flexibility index (Phi) is 3.35. The van der Waals surface area contributed by atoms with Gasteiger partial charge in [-0.05, 0) is 54.7 Å². The first kappa shape index (κ1) is 13.3. The lowest BCUT2D eigenvalue weighted by Crippen LogP contribution is -2.58. The average molecular weight is 269 g/mol. The van der Waals surface area contributed by atoms with E-state index in [1.165, 1.54) is 22.3 Å². The molecule has 1 aliphatic heterocycles. The minimum absolute atomic E-state index is 0.120. The summed E-state index contributed by atoms with van der Waals surface area (Å²) in [6.45, 7) is 6.22. The molecule has 0 saturated carbocycles. The molecule has 0 atom stereocenters. The minimum atomic E-state index is -0.164. The zero-order chi connectivity index (χ0) is 14.2. The fourth-order valence-corrected chi connectivity index (χ4v) is 2.97. The van der Waals surface area contributed by atoms with Crippen molar-refractivity contribution >= 4 is 0 Å². The van der Waals surface area contributed by atoms with Crippen molar-refractivity contribution in [2.45, 2.75) is 25.7 Å². The smallest absolute Gasteiger partial charge is 0.123 e. The molecule has 0 amide bonds. The number of aryl methyl sites for hydroxylation is 2. The first-order valence-corrected chi connectivity index (χ1v) is 7.12. The normalized spacial score (nSPS) is 16.8. The maximum Gasteiger partial charge on any atom is 0.123 e. The molecule has 2 aromatic carbocycles. The van der Waals surface area contributed by atoms with Crippen LogP contribution in [0.1, 0.15) is 22.3 Å². The molecule has 2 heteroatoms. The summed E-state index contributed by atoms with van der Waals surface area (Å²) < 4.78 is 13.1. The highest BCUT2D eigenvalue weighted by atomic mass is 19.1. The van der Waals surface area contributed by atoms with Gasteiger partial charge in [-0.15, -0.1) is 0 Å². The highest BCUT2D eigenvalue weighted by Crippen LogP contribution is 2.33. The third-order valence-electron chi connectivity index (χ3n) is 4.50. The van der Waals surface area contributed by atoms with Crippen LogP contribution in [0.3, 0.4) is 0 Å². The fraction of sp³-hybridized carbons (Fsp3) is 0.333. The summed E-state index contributed by atoms with van der Waals surface area (Å²) in [5.41, 5.74) is 5.38. The van der Waals surface area contributed by atoms with Gasteiger partial charge >= 0.3 is 0 Å². The highest BCUT2D eigenvalue weighted by molar-refractivity contribution is 5.36. The Morgan fingerprint density at radius 3 is 2.25 bits per heavy atom. The predicted octanol–water partition coefficient (Wildman–Crippen LogP) is 3.53. The molecule has 3 rings (SSSR count). The quantitative estimate of drug-likeness (QED) is 0.899. The molecule has 0 aromatic heterocycles. The van der Waals surface area contributed by atoms with Crippen molar-refractivity contribution in [2.75, 3.05) is 13.1 Å². The van der Waals surface area contributed by atoms with E-state index in [-0.39, 0.29) is 11.2 Å². The second-order valence-electron chi connectivity index (χ2n) is 5.99. The number of halogens is 1. The van der Waals surface area contributed by atoms with Crippen LogP contribution in [0.4, 0.5) is 4.39 Å². The Morgan fingerprint density at radius 1 is 1.00 bits per heavy atom. The van der Waals surface area contributed by atoms with Crippen LogP contribution in [-0.2, 0) is 11.8 Å². The molecule has 1 fully saturated rings. The molecule has 1 N–H and O–H groups in total. The molecule has 2 aromatic rings. The molecular weight excluding hydrogens is 249 g/mol. The van der Waals surface area contributed by atoms with E-state index in [4.69, 9.17) is 0 Å². The number of hydrogen-bond acceptors (Lipinski definition) is 1. The second kappa shape index (κ2) is 5.02. The van der Waals surface area contributed by atoms with Crippen molar-refractivity contribution in [2.24, 2.45) is 0 Å². The minimum Gasteiger partial charge on any atom is -0.315 e. The van der Waals surface area contributed by atoms with Gasteiger partial charge in [-0.3, -0.25) is 0 Å². The van der Waals surface area contributed by atoms with Gasteiger partial charge < -0.3 is 5.32 Å². The Hall–Kier alpha value is -1.67. The van der Waals surface area contributed by atoms with Crippen LogP contribution in [0.5, 0.6) is 0 Å². The summed E-state index contributed by atoms with van der Waals surface area (Å²) in [6.07, 6.45) is 1.01. The SMILES string of the molecule is Cc1ccc(CC2(c3ccc(F)cc3)CNC2)cc1C. The van der Waals surface area contributed by atoms with Crippen molar-refractivity contribution in [1.29, 1.82) is 0 Å². The summed E-state index contributed by atoms with van der Waals surface area (Å²) in [5.74, 6) is -0.164. The lowest BCUT2D eigenvalue weighted by atomic mass is 9.71. The molecule has 0 spiro atoms. The Bertz CT molecular complexity index is 612. The van der Waals surface area contributed by atoms with E-state index in [0.29, 0.717) is 0 Å². The van der Waals surface area contributed by atoms with Gasteiger partial charge in [-0.1, -0.05) is 30.3 Å². The molecular formula is C18H20FN. The number of hydrogen-bond donors (Lipinski definition) is 1. The molecule has 1 saturated heterocycles. The predicted molar refractivity (Wildman–Crippen MR) is 80.6 cm³/mol. The largest absolute Gasteiger partial charge is 0.315 e. The second-order valence-corrected chi connectivity index (χ2v) is 5.99. The summed E-state index contributed by atoms with van der Waals surface area (Å²) in [6, 6.07) is 13.7. The fourth-order valence-electron chi connectivity index (χ4n) is 2.97. The molecule has 1 heterocycles. The van der Waals surface area contributed by atoms with Crippen LogP contribution in [0.2, 0.25) is 0 Å². The van der Waals surface area contributed by atoms with E-state index in [0.717, 1.165) is 19.5 Å². The van der Waals surface area contributed by atoms with Gasteiger partial charge in [-0.25, -0.2) is 4.39 Å². The van der Waals surface area contributed by atoms with Gasteiger partial charge in [0.2, 0.25) is 0 Å². The standard InChI is InChI=1S/C18H20FN/c1-13-3-4-15(9-14(13)2)10-18(11-20-12-18)16-5-7-17(19)8-6-16/h3-9,20H,10-12H2,1-2H3. The molecule has 0 unspecified atom stereocenters. The summed E-state index contributed by atoms with van der Waals surface area (Å²) in [5, 5.41) is 3.37. The van der Waals surface area contributed by atoms with Crippen molar-refractivity contribution in [3.63, 3.8) is 0 Å². The Balaban J connectivity index is 1.89. The highest BCUT2D eigenvalue weighted by Gasteiger charge is 2.38. The number of nitrogens with one attached hydrogen (secondary N) is 1.